The van der Waals surface area contributed by atoms with Gasteiger partial charge in [-0.25, -0.2) is 0 Å². The number of epoxide rings is 1. The minimum Gasteiger partial charge on any atom is -0.507 e. The first-order valence-corrected chi connectivity index (χ1v) is 12.1. The van der Waals surface area contributed by atoms with E-state index in [9.17, 15) is 15.0 Å². The molecule has 0 aromatic heterocycles. The van der Waals surface area contributed by atoms with Crippen molar-refractivity contribution in [3.63, 3.8) is 0 Å². The van der Waals surface area contributed by atoms with Crippen molar-refractivity contribution in [2.75, 3.05) is 11.5 Å². The van der Waals surface area contributed by atoms with Gasteiger partial charge < -0.3 is 20.3 Å². The molecule has 5 nitrogen and oxygen atoms in total. The van der Waals surface area contributed by atoms with Crippen LogP contribution in [0.2, 0.25) is 5.02 Å². The number of rotatable bonds is 0. The predicted molar refractivity (Wildman–Crippen MR) is 119 cm³/mol. The highest BCUT2D eigenvalue weighted by Gasteiger charge is 2.39. The number of nitrogens with one attached hydrogen (secondary N) is 1. The number of ether oxygens (including phenoxy) is 1. The number of halogens is 1. The third kappa shape index (κ3) is 4.58. The van der Waals surface area contributed by atoms with Crippen LogP contribution in [0.25, 0.3) is 0 Å². The molecule has 3 atom stereocenters. The van der Waals surface area contributed by atoms with Crippen LogP contribution in [0.4, 0.5) is 0 Å². The number of benzene rings is 1. The van der Waals surface area contributed by atoms with Crippen molar-refractivity contribution in [3.8, 4) is 11.5 Å². The van der Waals surface area contributed by atoms with E-state index in [1.807, 2.05) is 25.2 Å². The molecule has 0 unspecified atom stereocenters. The highest BCUT2D eigenvalue weighted by atomic mass is 35.5. The van der Waals surface area contributed by atoms with Crippen LogP contribution >= 0.6 is 35.1 Å². The first-order valence-electron chi connectivity index (χ1n) is 9.72. The van der Waals surface area contributed by atoms with Crippen molar-refractivity contribution in [3.05, 3.63) is 46.5 Å². The molecule has 29 heavy (non-hydrogen) atoms. The first-order chi connectivity index (χ1) is 13.9. The molecule has 8 heteroatoms. The standard InChI is InChI=1S/C21H24ClNO4S2/c1-12-9-17-16(27-17)5-2-3-6-21(28-7-4-8-29-21)11-13-18(20(26)23-12)14(24)10-15(25)19(13)22/h2-3,5-6,10,12,16-17,24-25H,4,7-9,11H2,1H3,(H,23,26)/b5-2-,6-3+/t12-,16-,17-/m1/s1. The monoisotopic (exact) mass is 453 g/mol. The molecule has 3 aliphatic rings. The summed E-state index contributed by atoms with van der Waals surface area (Å²) in [5.41, 5.74) is 0.613. The molecule has 4 rings (SSSR count). The predicted octanol–water partition coefficient (Wildman–Crippen LogP) is 4.26. The molecule has 1 spiro atoms. The molecule has 0 saturated carbocycles. The van der Waals surface area contributed by atoms with Crippen LogP contribution in [-0.2, 0) is 11.2 Å². The van der Waals surface area contributed by atoms with Gasteiger partial charge in [-0.2, -0.15) is 0 Å². The third-order valence-corrected chi connectivity index (χ3v) is 8.95. The van der Waals surface area contributed by atoms with Gasteiger partial charge in [-0.3, -0.25) is 4.79 Å². The molecule has 1 amide bonds. The second-order valence-electron chi connectivity index (χ2n) is 7.61. The molecule has 3 N–H and O–H groups in total. The molecule has 3 heterocycles. The Morgan fingerprint density at radius 3 is 2.76 bits per heavy atom. The zero-order chi connectivity index (χ0) is 20.6. The summed E-state index contributed by atoms with van der Waals surface area (Å²) in [5.74, 6) is 1.13. The molecule has 0 bridgehead atoms. The fourth-order valence-electron chi connectivity index (χ4n) is 3.79. The van der Waals surface area contributed by atoms with Crippen LogP contribution in [0.1, 0.15) is 35.7 Å². The average molecular weight is 454 g/mol. The normalized spacial score (nSPS) is 31.1. The van der Waals surface area contributed by atoms with Crippen LogP contribution < -0.4 is 5.32 Å². The lowest BCUT2D eigenvalue weighted by atomic mass is 9.98. The molecule has 3 aliphatic heterocycles. The zero-order valence-electron chi connectivity index (χ0n) is 16.1. The fraction of sp³-hybridized carbons (Fsp3) is 0.476. The van der Waals surface area contributed by atoms with E-state index >= 15 is 0 Å². The van der Waals surface area contributed by atoms with Gasteiger partial charge in [-0.15, -0.1) is 23.5 Å². The van der Waals surface area contributed by atoms with Gasteiger partial charge in [0.05, 0.1) is 20.8 Å². The Balaban J connectivity index is 1.79. The molecule has 0 radical (unpaired) electrons. The van der Waals surface area contributed by atoms with E-state index in [2.05, 4.69) is 11.4 Å². The minimum absolute atomic E-state index is 0.0802. The van der Waals surface area contributed by atoms with E-state index in [1.165, 1.54) is 0 Å². The molecular formula is C21H24ClNO4S2. The van der Waals surface area contributed by atoms with Gasteiger partial charge in [0.1, 0.15) is 17.6 Å². The lowest BCUT2D eigenvalue weighted by Crippen LogP contribution is -2.35. The molecule has 2 saturated heterocycles. The number of hydrogen-bond donors (Lipinski definition) is 3. The Hall–Kier alpha value is -1.28. The lowest BCUT2D eigenvalue weighted by Gasteiger charge is -2.34. The van der Waals surface area contributed by atoms with Crippen LogP contribution in [0, 0.1) is 0 Å². The maximum absolute atomic E-state index is 13.1. The smallest absolute Gasteiger partial charge is 0.255 e. The summed E-state index contributed by atoms with van der Waals surface area (Å²) in [6.45, 7) is 1.92. The Kier molecular flexibility index (Phi) is 6.11. The molecule has 0 aliphatic carbocycles. The molecule has 156 valence electrons. The van der Waals surface area contributed by atoms with Crippen LogP contribution in [0.3, 0.4) is 0 Å². The van der Waals surface area contributed by atoms with Crippen molar-refractivity contribution < 1.29 is 19.7 Å². The number of thioether (sulfide) groups is 2. The van der Waals surface area contributed by atoms with E-state index in [0.717, 1.165) is 24.0 Å². The topological polar surface area (TPSA) is 82.1 Å². The van der Waals surface area contributed by atoms with Crippen molar-refractivity contribution >= 4 is 41.0 Å². The Morgan fingerprint density at radius 2 is 2.00 bits per heavy atom. The average Bonchev–Trinajstić information content (AvgIpc) is 3.40. The van der Waals surface area contributed by atoms with Crippen LogP contribution in [-0.4, -0.2) is 50.0 Å². The molecule has 1 aromatic rings. The van der Waals surface area contributed by atoms with Crippen molar-refractivity contribution in [1.29, 1.82) is 0 Å². The van der Waals surface area contributed by atoms with Gasteiger partial charge in [-0.1, -0.05) is 35.9 Å². The Labute approximate surface area is 183 Å². The summed E-state index contributed by atoms with van der Waals surface area (Å²) in [6.07, 6.45) is 10.6. The van der Waals surface area contributed by atoms with Gasteiger partial charge in [-0.05, 0) is 36.8 Å². The van der Waals surface area contributed by atoms with Crippen molar-refractivity contribution in [2.24, 2.45) is 0 Å². The lowest BCUT2D eigenvalue weighted by molar-refractivity contribution is 0.0933. The van der Waals surface area contributed by atoms with Gasteiger partial charge in [0, 0.05) is 18.5 Å². The van der Waals surface area contributed by atoms with E-state index in [1.54, 1.807) is 23.5 Å². The van der Waals surface area contributed by atoms with Gasteiger partial charge in [0.25, 0.3) is 5.91 Å². The fourth-order valence-corrected chi connectivity index (χ4v) is 7.13. The highest BCUT2D eigenvalue weighted by molar-refractivity contribution is 8.19. The van der Waals surface area contributed by atoms with E-state index in [4.69, 9.17) is 16.3 Å². The quantitative estimate of drug-likeness (QED) is 0.509. The number of fused-ring (bicyclic) bond motifs is 2. The number of hydrogen-bond acceptors (Lipinski definition) is 6. The maximum Gasteiger partial charge on any atom is 0.255 e. The van der Waals surface area contributed by atoms with Crippen LogP contribution in [0.15, 0.2) is 30.4 Å². The van der Waals surface area contributed by atoms with E-state index in [0.29, 0.717) is 18.4 Å². The third-order valence-electron chi connectivity index (χ3n) is 5.30. The number of phenolic OH excluding ortho intramolecular Hbond substituents is 2. The van der Waals surface area contributed by atoms with E-state index < -0.39 is 0 Å². The first kappa shape index (κ1) is 21.0. The summed E-state index contributed by atoms with van der Waals surface area (Å²) >= 11 is 10.1. The van der Waals surface area contributed by atoms with E-state index in [-0.39, 0.29) is 50.3 Å². The summed E-state index contributed by atoms with van der Waals surface area (Å²) in [5, 5.41) is 23.8. The van der Waals surface area contributed by atoms with Crippen molar-refractivity contribution in [2.45, 2.75) is 48.5 Å². The minimum atomic E-state index is -0.387. The number of allylic oxidation sites excluding steroid dienone is 2. The Morgan fingerprint density at radius 1 is 1.24 bits per heavy atom. The number of carbonyl (C=O) groups is 1. The number of aromatic hydroxyl groups is 2. The van der Waals surface area contributed by atoms with Crippen molar-refractivity contribution in [1.82, 2.24) is 5.32 Å². The maximum atomic E-state index is 13.1. The largest absolute Gasteiger partial charge is 0.507 e. The second-order valence-corrected chi connectivity index (χ2v) is 11.1. The molecule has 1 aromatic carbocycles. The summed E-state index contributed by atoms with van der Waals surface area (Å²) in [4.78, 5) is 13.1. The summed E-state index contributed by atoms with van der Waals surface area (Å²) in [7, 11) is 0. The second kappa shape index (κ2) is 8.46. The molecular weight excluding hydrogens is 430 g/mol. The SMILES string of the molecule is C[C@@H]1C[C@H]2O[C@@H]2/C=C\C=C\C2(Cc3c(Cl)c(O)cc(O)c3C(=O)N1)SCCCS2. The van der Waals surface area contributed by atoms with Gasteiger partial charge in [0.15, 0.2) is 0 Å². The summed E-state index contributed by atoms with van der Waals surface area (Å²) < 4.78 is 5.35. The number of carbonyl (C=O) groups excluding carboxylic acids is 1. The summed E-state index contributed by atoms with van der Waals surface area (Å²) in [6, 6.07) is 1.01. The Bertz CT molecular complexity index is 867. The molecule has 2 fully saturated rings. The number of amides is 1. The van der Waals surface area contributed by atoms with Gasteiger partial charge >= 0.3 is 0 Å². The van der Waals surface area contributed by atoms with Crippen LogP contribution in [0.5, 0.6) is 11.5 Å². The number of phenols is 2. The zero-order valence-corrected chi connectivity index (χ0v) is 18.4. The highest BCUT2D eigenvalue weighted by Crippen LogP contribution is 2.49. The van der Waals surface area contributed by atoms with Gasteiger partial charge in [0.2, 0.25) is 0 Å².